The van der Waals surface area contributed by atoms with E-state index in [9.17, 15) is 0 Å². The predicted molar refractivity (Wildman–Crippen MR) is 66.4 cm³/mol. The second-order valence-electron chi connectivity index (χ2n) is 3.59. The molecule has 0 heterocycles. The summed E-state index contributed by atoms with van der Waals surface area (Å²) in [5.74, 6) is 0. The summed E-state index contributed by atoms with van der Waals surface area (Å²) in [4.78, 5) is 0. The first-order chi connectivity index (χ1) is 6.56. The van der Waals surface area contributed by atoms with Gasteiger partial charge in [0.2, 0.25) is 0 Å². The Labute approximate surface area is 88.7 Å². The van der Waals surface area contributed by atoms with Crippen LogP contribution in [0.4, 0.5) is 0 Å². The highest BCUT2D eigenvalue weighted by Crippen LogP contribution is 2.16. The number of allylic oxidation sites excluding steroid dienone is 7. The molecule has 0 fully saturated rings. The molecule has 0 aromatic rings. The number of rotatable bonds is 4. The van der Waals surface area contributed by atoms with Crippen LogP contribution in [-0.2, 0) is 0 Å². The van der Waals surface area contributed by atoms with Crippen LogP contribution in [0.1, 0.15) is 41.0 Å². The van der Waals surface area contributed by atoms with Gasteiger partial charge in [0.25, 0.3) is 0 Å². The minimum absolute atomic E-state index is 1.12. The topological polar surface area (TPSA) is 0 Å². The maximum atomic E-state index is 3.80. The summed E-state index contributed by atoms with van der Waals surface area (Å²) >= 11 is 0. The molecule has 0 heteroatoms. The highest BCUT2D eigenvalue weighted by atomic mass is 14.0. The van der Waals surface area contributed by atoms with E-state index in [4.69, 9.17) is 0 Å². The first kappa shape index (κ1) is 13.0. The summed E-state index contributed by atoms with van der Waals surface area (Å²) in [5, 5.41) is 0. The van der Waals surface area contributed by atoms with E-state index in [-0.39, 0.29) is 0 Å². The van der Waals surface area contributed by atoms with Gasteiger partial charge in [0.15, 0.2) is 0 Å². The van der Waals surface area contributed by atoms with Gasteiger partial charge in [-0.05, 0) is 45.3 Å². The minimum atomic E-state index is 1.12. The highest BCUT2D eigenvalue weighted by Gasteiger charge is 1.95. The maximum Gasteiger partial charge on any atom is -0.0276 e. The summed E-state index contributed by atoms with van der Waals surface area (Å²) in [6, 6.07) is 0. The molecule has 0 rings (SSSR count). The van der Waals surface area contributed by atoms with E-state index < -0.39 is 0 Å². The van der Waals surface area contributed by atoms with Crippen LogP contribution in [0, 0.1) is 0 Å². The Hall–Kier alpha value is -1.04. The van der Waals surface area contributed by atoms with E-state index >= 15 is 0 Å². The summed E-state index contributed by atoms with van der Waals surface area (Å²) in [5.41, 5.74) is 5.32. The maximum absolute atomic E-state index is 3.80. The molecule has 0 saturated carbocycles. The van der Waals surface area contributed by atoms with Crippen molar-refractivity contribution >= 4 is 0 Å². The molecule has 0 saturated heterocycles. The fourth-order valence-corrected chi connectivity index (χ4v) is 1.32. The predicted octanol–water partition coefficient (Wildman–Crippen LogP) is 4.81. The van der Waals surface area contributed by atoms with E-state index in [1.54, 1.807) is 0 Å². The number of hydrogen-bond donors (Lipinski definition) is 0. The fraction of sp³-hybridized carbons (Fsp3) is 0.429. The Bertz CT molecular complexity index is 285. The lowest BCUT2D eigenvalue weighted by Crippen LogP contribution is -1.84. The lowest BCUT2D eigenvalue weighted by molar-refractivity contribution is 1.07. The third-order valence-electron chi connectivity index (χ3n) is 2.62. The lowest BCUT2D eigenvalue weighted by Gasteiger charge is -2.04. The fourth-order valence-electron chi connectivity index (χ4n) is 1.32. The van der Waals surface area contributed by atoms with Gasteiger partial charge in [0.1, 0.15) is 0 Å². The third kappa shape index (κ3) is 3.78. The Morgan fingerprint density at radius 3 is 2.14 bits per heavy atom. The molecule has 0 bridgehead atoms. The van der Waals surface area contributed by atoms with Crippen molar-refractivity contribution in [3.8, 4) is 0 Å². The monoisotopic (exact) mass is 190 g/mol. The lowest BCUT2D eigenvalue weighted by atomic mass is 10.0. The van der Waals surface area contributed by atoms with Gasteiger partial charge < -0.3 is 0 Å². The van der Waals surface area contributed by atoms with Crippen molar-refractivity contribution < 1.29 is 0 Å². The van der Waals surface area contributed by atoms with Gasteiger partial charge in [0, 0.05) is 0 Å². The average Bonchev–Trinajstić information content (AvgIpc) is 2.18. The molecule has 0 N–H and O–H groups in total. The molecule has 0 spiro atoms. The molecule has 0 radical (unpaired) electrons. The van der Waals surface area contributed by atoms with Gasteiger partial charge in [-0.15, -0.1) is 0 Å². The standard InChI is InChI=1S/C14H22/c1-7-11(4)12(5)10-13(6)14(8-2)9-3/h8-10H,2,7H2,1,3-6H3. The highest BCUT2D eigenvalue weighted by molar-refractivity contribution is 5.41. The van der Waals surface area contributed by atoms with Crippen molar-refractivity contribution in [1.82, 2.24) is 0 Å². The molecule has 0 aliphatic heterocycles. The van der Waals surface area contributed by atoms with Gasteiger partial charge in [-0.25, -0.2) is 0 Å². The molecule has 0 aliphatic carbocycles. The van der Waals surface area contributed by atoms with Crippen molar-refractivity contribution in [2.75, 3.05) is 0 Å². The summed E-state index contributed by atoms with van der Waals surface area (Å²) in [7, 11) is 0. The van der Waals surface area contributed by atoms with Crippen LogP contribution in [0.25, 0.3) is 0 Å². The summed E-state index contributed by atoms with van der Waals surface area (Å²) in [6.45, 7) is 14.5. The summed E-state index contributed by atoms with van der Waals surface area (Å²) in [6.07, 6.45) is 7.35. The van der Waals surface area contributed by atoms with Crippen LogP contribution in [0.2, 0.25) is 0 Å². The zero-order valence-electron chi connectivity index (χ0n) is 10.1. The minimum Gasteiger partial charge on any atom is -0.0985 e. The Kier molecular flexibility index (Phi) is 5.94. The molecule has 0 aromatic carbocycles. The van der Waals surface area contributed by atoms with E-state index in [1.807, 2.05) is 13.0 Å². The second kappa shape index (κ2) is 6.42. The van der Waals surface area contributed by atoms with Crippen LogP contribution in [0.3, 0.4) is 0 Å². The first-order valence-electron chi connectivity index (χ1n) is 5.20. The van der Waals surface area contributed by atoms with Gasteiger partial charge in [0.05, 0.1) is 0 Å². The molecule has 0 amide bonds. The molecule has 0 nitrogen and oxygen atoms in total. The van der Waals surface area contributed by atoms with Crippen molar-refractivity contribution in [2.45, 2.75) is 41.0 Å². The largest absolute Gasteiger partial charge is 0.0985 e. The van der Waals surface area contributed by atoms with Gasteiger partial charge in [-0.1, -0.05) is 42.9 Å². The van der Waals surface area contributed by atoms with Gasteiger partial charge in [-0.2, -0.15) is 0 Å². The second-order valence-corrected chi connectivity index (χ2v) is 3.59. The molecule has 0 atom stereocenters. The molecular weight excluding hydrogens is 168 g/mol. The Morgan fingerprint density at radius 1 is 1.21 bits per heavy atom. The quantitative estimate of drug-likeness (QED) is 0.558. The van der Waals surface area contributed by atoms with Gasteiger partial charge >= 0.3 is 0 Å². The van der Waals surface area contributed by atoms with Crippen LogP contribution in [0.15, 0.2) is 47.1 Å². The first-order valence-corrected chi connectivity index (χ1v) is 5.20. The SMILES string of the molecule is C=CC(=CC)C(C)=CC(C)=C(C)CC. The zero-order valence-corrected chi connectivity index (χ0v) is 10.1. The normalized spacial score (nSPS) is 15.2. The van der Waals surface area contributed by atoms with Crippen LogP contribution >= 0.6 is 0 Å². The summed E-state index contributed by atoms with van der Waals surface area (Å²) < 4.78 is 0. The van der Waals surface area contributed by atoms with E-state index in [0.29, 0.717) is 0 Å². The average molecular weight is 190 g/mol. The van der Waals surface area contributed by atoms with E-state index in [0.717, 1.165) is 6.42 Å². The van der Waals surface area contributed by atoms with Crippen molar-refractivity contribution in [3.63, 3.8) is 0 Å². The van der Waals surface area contributed by atoms with Crippen molar-refractivity contribution in [3.05, 3.63) is 47.1 Å². The molecular formula is C14H22. The molecule has 0 aromatic heterocycles. The molecule has 78 valence electrons. The van der Waals surface area contributed by atoms with Crippen molar-refractivity contribution in [2.24, 2.45) is 0 Å². The molecule has 0 aliphatic rings. The van der Waals surface area contributed by atoms with E-state index in [1.165, 1.54) is 22.3 Å². The Morgan fingerprint density at radius 2 is 1.79 bits per heavy atom. The smallest absolute Gasteiger partial charge is 0.0276 e. The molecule has 0 unspecified atom stereocenters. The van der Waals surface area contributed by atoms with Crippen LogP contribution in [-0.4, -0.2) is 0 Å². The van der Waals surface area contributed by atoms with Gasteiger partial charge in [-0.3, -0.25) is 0 Å². The van der Waals surface area contributed by atoms with E-state index in [2.05, 4.69) is 46.4 Å². The molecule has 14 heavy (non-hydrogen) atoms. The van der Waals surface area contributed by atoms with Crippen LogP contribution < -0.4 is 0 Å². The third-order valence-corrected chi connectivity index (χ3v) is 2.62. The zero-order chi connectivity index (χ0) is 11.1. The van der Waals surface area contributed by atoms with Crippen molar-refractivity contribution in [1.29, 1.82) is 0 Å². The Balaban J connectivity index is 4.94. The van der Waals surface area contributed by atoms with Crippen LogP contribution in [0.5, 0.6) is 0 Å². The number of hydrogen-bond acceptors (Lipinski definition) is 0.